The number of aromatic hydroxyl groups is 2. The molecule has 0 bridgehead atoms. The van der Waals surface area contributed by atoms with Crippen LogP contribution in [0.15, 0.2) is 36.4 Å². The van der Waals surface area contributed by atoms with Crippen LogP contribution in [-0.2, 0) is 0 Å². The summed E-state index contributed by atoms with van der Waals surface area (Å²) in [6, 6.07) is 10.4. The largest absolute Gasteiger partial charge is 0.507 e. The first kappa shape index (κ1) is 16.9. The van der Waals surface area contributed by atoms with Crippen molar-refractivity contribution in [1.29, 1.82) is 0 Å². The summed E-state index contributed by atoms with van der Waals surface area (Å²) in [6.45, 7) is 2.19. The maximum Gasteiger partial charge on any atom is 0.201 e. The molecule has 2 N–H and O–H groups in total. The van der Waals surface area contributed by atoms with E-state index >= 15 is 0 Å². The van der Waals surface area contributed by atoms with Gasteiger partial charge >= 0.3 is 0 Å². The molecule has 2 aromatic rings. The molecule has 0 spiro atoms. The lowest BCUT2D eigenvalue weighted by Crippen LogP contribution is -2.18. The molecule has 0 amide bonds. The number of hydrogen-bond acceptors (Lipinski definition) is 4. The van der Waals surface area contributed by atoms with Crippen molar-refractivity contribution in [3.63, 3.8) is 0 Å². The van der Waals surface area contributed by atoms with Crippen molar-refractivity contribution >= 4 is 17.5 Å². The second-order valence-electron chi connectivity index (χ2n) is 6.12. The first-order valence-corrected chi connectivity index (χ1v) is 9.50. The number of rotatable bonds is 6. The predicted molar refractivity (Wildman–Crippen MR) is 98.1 cm³/mol. The van der Waals surface area contributed by atoms with Gasteiger partial charge in [-0.2, -0.15) is 0 Å². The molecule has 24 heavy (non-hydrogen) atoms. The van der Waals surface area contributed by atoms with Gasteiger partial charge in [-0.1, -0.05) is 50.5 Å². The number of carbonyl (C=O) groups is 1. The van der Waals surface area contributed by atoms with Crippen LogP contribution in [0.25, 0.3) is 0 Å². The molecule has 2 aromatic carbocycles. The van der Waals surface area contributed by atoms with E-state index in [2.05, 4.69) is 6.92 Å². The number of phenolic OH excluding ortho intramolecular Hbond substituents is 2. The molecule has 0 saturated carbocycles. The molecule has 126 valence electrons. The Kier molecular flexibility index (Phi) is 5.14. The normalized spacial score (nSPS) is 13.6. The van der Waals surface area contributed by atoms with Gasteiger partial charge < -0.3 is 10.2 Å². The van der Waals surface area contributed by atoms with Gasteiger partial charge in [0.15, 0.2) is 0 Å². The lowest BCUT2D eigenvalue weighted by atomic mass is 9.83. The number of carbonyl (C=O) groups excluding carboxylic acids is 1. The summed E-state index contributed by atoms with van der Waals surface area (Å²) in [6.07, 6.45) is 4.77. The summed E-state index contributed by atoms with van der Waals surface area (Å²) >= 11 is 1.78. The van der Waals surface area contributed by atoms with E-state index in [1.807, 2.05) is 12.1 Å². The van der Waals surface area contributed by atoms with E-state index in [4.69, 9.17) is 0 Å². The van der Waals surface area contributed by atoms with Gasteiger partial charge in [0.25, 0.3) is 0 Å². The molecule has 0 aliphatic heterocycles. The second kappa shape index (κ2) is 7.31. The van der Waals surface area contributed by atoms with E-state index in [-0.39, 0.29) is 22.5 Å². The molecular weight excluding hydrogens is 320 g/mol. The van der Waals surface area contributed by atoms with Gasteiger partial charge in [0.1, 0.15) is 11.5 Å². The zero-order valence-corrected chi connectivity index (χ0v) is 14.6. The molecule has 3 rings (SSSR count). The summed E-state index contributed by atoms with van der Waals surface area (Å²) in [5.41, 5.74) is 2.35. The Bertz CT molecular complexity index is 699. The van der Waals surface area contributed by atoms with Crippen LogP contribution in [0.3, 0.4) is 0 Å². The molecule has 0 aromatic heterocycles. The zero-order chi connectivity index (χ0) is 17.1. The van der Waals surface area contributed by atoms with Gasteiger partial charge in [0.05, 0.1) is 16.4 Å². The molecule has 0 radical (unpaired) electrons. The Hall–Kier alpha value is -1.94. The van der Waals surface area contributed by atoms with Crippen LogP contribution < -0.4 is 0 Å². The Balaban J connectivity index is 1.97. The van der Waals surface area contributed by atoms with E-state index in [1.165, 1.54) is 31.4 Å². The van der Waals surface area contributed by atoms with Crippen molar-refractivity contribution in [2.75, 3.05) is 5.75 Å². The van der Waals surface area contributed by atoms with Crippen molar-refractivity contribution in [1.82, 2.24) is 0 Å². The maximum absolute atomic E-state index is 12.8. The number of thioether (sulfide) groups is 1. The number of benzene rings is 2. The number of fused-ring (bicyclic) bond motifs is 2. The van der Waals surface area contributed by atoms with Crippen molar-refractivity contribution in [3.05, 3.63) is 58.7 Å². The minimum absolute atomic E-state index is 0.0111. The van der Waals surface area contributed by atoms with Gasteiger partial charge in [-0.15, -0.1) is 11.8 Å². The van der Waals surface area contributed by atoms with Gasteiger partial charge in [-0.05, 0) is 35.4 Å². The summed E-state index contributed by atoms with van der Waals surface area (Å²) in [7, 11) is 0. The smallest absolute Gasteiger partial charge is 0.201 e. The average molecular weight is 342 g/mol. The summed E-state index contributed by atoms with van der Waals surface area (Å²) in [4.78, 5) is 12.8. The van der Waals surface area contributed by atoms with Crippen LogP contribution in [0.2, 0.25) is 0 Å². The summed E-state index contributed by atoms with van der Waals surface area (Å²) in [5.74, 6) is 0.674. The first-order valence-electron chi connectivity index (χ1n) is 8.45. The van der Waals surface area contributed by atoms with Gasteiger partial charge in [-0.3, -0.25) is 4.79 Å². The molecule has 0 saturated heterocycles. The maximum atomic E-state index is 12.8. The molecule has 0 heterocycles. The fourth-order valence-corrected chi connectivity index (χ4v) is 4.61. The molecule has 0 fully saturated rings. The molecule has 1 aliphatic rings. The Morgan fingerprint density at radius 3 is 2.04 bits per heavy atom. The minimum Gasteiger partial charge on any atom is -0.507 e. The standard InChI is InChI=1S/C20H22O3S/c1-2-3-4-5-12-24-20-13-8-6-10-15(21)17(13)19(23)18-14(20)9-7-11-16(18)22/h6-11,20-22H,2-5,12H2,1H3. The van der Waals surface area contributed by atoms with Crippen LogP contribution in [0.5, 0.6) is 11.5 Å². The Morgan fingerprint density at radius 1 is 0.917 bits per heavy atom. The van der Waals surface area contributed by atoms with Gasteiger partial charge in [0, 0.05) is 0 Å². The molecule has 4 heteroatoms. The van der Waals surface area contributed by atoms with E-state index in [0.29, 0.717) is 11.1 Å². The fraction of sp³-hybridized carbons (Fsp3) is 0.350. The van der Waals surface area contributed by atoms with E-state index in [0.717, 1.165) is 23.3 Å². The molecular formula is C20H22O3S. The Labute approximate surface area is 146 Å². The first-order chi connectivity index (χ1) is 11.6. The fourth-order valence-electron chi connectivity index (χ4n) is 3.25. The lowest BCUT2D eigenvalue weighted by molar-refractivity contribution is 0.102. The minimum atomic E-state index is -0.293. The summed E-state index contributed by atoms with van der Waals surface area (Å²) < 4.78 is 0. The quantitative estimate of drug-likeness (QED) is 0.722. The summed E-state index contributed by atoms with van der Waals surface area (Å²) in [5, 5.41) is 20.3. The third kappa shape index (κ3) is 3.03. The average Bonchev–Trinajstić information content (AvgIpc) is 2.57. The van der Waals surface area contributed by atoms with Crippen LogP contribution in [0, 0.1) is 0 Å². The number of hydrogen-bond donors (Lipinski definition) is 2. The van der Waals surface area contributed by atoms with E-state index < -0.39 is 0 Å². The molecule has 1 aliphatic carbocycles. The number of unbranched alkanes of at least 4 members (excludes halogenated alkanes) is 3. The van der Waals surface area contributed by atoms with Crippen LogP contribution in [0.4, 0.5) is 0 Å². The van der Waals surface area contributed by atoms with E-state index in [9.17, 15) is 15.0 Å². The van der Waals surface area contributed by atoms with Gasteiger partial charge in [0.2, 0.25) is 5.78 Å². The third-order valence-corrected chi connectivity index (χ3v) is 5.82. The third-order valence-electron chi connectivity index (χ3n) is 4.45. The highest BCUT2D eigenvalue weighted by Crippen LogP contribution is 2.47. The lowest BCUT2D eigenvalue weighted by Gasteiger charge is -2.28. The Morgan fingerprint density at radius 2 is 1.50 bits per heavy atom. The number of phenols is 2. The highest BCUT2D eigenvalue weighted by Gasteiger charge is 2.34. The topological polar surface area (TPSA) is 57.5 Å². The zero-order valence-electron chi connectivity index (χ0n) is 13.8. The molecule has 0 unspecified atom stereocenters. The predicted octanol–water partition coefficient (Wildman–Crippen LogP) is 5.05. The molecule has 0 atom stereocenters. The van der Waals surface area contributed by atoms with E-state index in [1.54, 1.807) is 23.9 Å². The SMILES string of the molecule is CCCCCCSC1c2cccc(O)c2C(=O)c2c(O)cccc21. The highest BCUT2D eigenvalue weighted by atomic mass is 32.2. The van der Waals surface area contributed by atoms with Gasteiger partial charge in [-0.25, -0.2) is 0 Å². The van der Waals surface area contributed by atoms with Crippen LogP contribution >= 0.6 is 11.8 Å². The number of ketones is 1. The van der Waals surface area contributed by atoms with Crippen molar-refractivity contribution in [2.24, 2.45) is 0 Å². The van der Waals surface area contributed by atoms with Crippen molar-refractivity contribution in [2.45, 2.75) is 37.9 Å². The molecule has 3 nitrogen and oxygen atoms in total. The second-order valence-corrected chi connectivity index (χ2v) is 7.34. The van der Waals surface area contributed by atoms with Crippen molar-refractivity contribution < 1.29 is 15.0 Å². The van der Waals surface area contributed by atoms with Crippen LogP contribution in [0.1, 0.15) is 64.9 Å². The van der Waals surface area contributed by atoms with Crippen LogP contribution in [-0.4, -0.2) is 21.7 Å². The monoisotopic (exact) mass is 342 g/mol. The highest BCUT2D eigenvalue weighted by molar-refractivity contribution is 7.99. The van der Waals surface area contributed by atoms with Crippen molar-refractivity contribution in [3.8, 4) is 11.5 Å².